The molecule has 0 saturated carbocycles. The van der Waals surface area contributed by atoms with Gasteiger partial charge in [0.15, 0.2) is 0 Å². The molecule has 1 N–H and O–H groups in total. The number of sulfonamides is 1. The average molecular weight is 500 g/mol. The number of hydrogen-bond donors (Lipinski definition) is 1. The van der Waals surface area contributed by atoms with Crippen molar-refractivity contribution < 1.29 is 17.9 Å². The van der Waals surface area contributed by atoms with Gasteiger partial charge < -0.3 is 14.6 Å². The van der Waals surface area contributed by atoms with E-state index in [0.717, 1.165) is 16.9 Å². The molecular formula is C25H33N5O4S. The van der Waals surface area contributed by atoms with Crippen LogP contribution in [0.25, 0.3) is 11.0 Å². The molecule has 1 amide bonds. The standard InChI is InChI=1S/C25H33N5O4S/c1-5-34-20-7-9-21(10-8-20)35(32,33)30-14-12-29(13-15-30)17-24-27-22-16-19(25(31)26-18(2)3)6-11-23(22)28(24)4/h6-11,16,18H,5,12-15,17H2,1-4H3,(H,26,31). The molecule has 0 aliphatic carbocycles. The van der Waals surface area contributed by atoms with Gasteiger partial charge in [-0.25, -0.2) is 13.4 Å². The molecule has 2 heterocycles. The summed E-state index contributed by atoms with van der Waals surface area (Å²) in [5.74, 6) is 1.43. The summed E-state index contributed by atoms with van der Waals surface area (Å²) in [6.07, 6.45) is 0. The van der Waals surface area contributed by atoms with Crippen LogP contribution in [0.5, 0.6) is 5.75 Å². The van der Waals surface area contributed by atoms with Crippen LogP contribution in [-0.2, 0) is 23.6 Å². The van der Waals surface area contributed by atoms with Crippen molar-refractivity contribution in [2.24, 2.45) is 7.05 Å². The number of fused-ring (bicyclic) bond motifs is 1. The number of piperazine rings is 1. The highest BCUT2D eigenvalue weighted by atomic mass is 32.2. The van der Waals surface area contributed by atoms with Gasteiger partial charge in [0.1, 0.15) is 11.6 Å². The highest BCUT2D eigenvalue weighted by Crippen LogP contribution is 2.22. The molecule has 0 unspecified atom stereocenters. The maximum absolute atomic E-state index is 13.1. The zero-order valence-electron chi connectivity index (χ0n) is 20.7. The number of ether oxygens (including phenoxy) is 1. The summed E-state index contributed by atoms with van der Waals surface area (Å²) in [4.78, 5) is 19.6. The van der Waals surface area contributed by atoms with E-state index < -0.39 is 10.0 Å². The molecule has 1 aliphatic heterocycles. The number of imidazole rings is 1. The van der Waals surface area contributed by atoms with Crippen LogP contribution in [0.15, 0.2) is 47.4 Å². The second-order valence-electron chi connectivity index (χ2n) is 9.00. The number of aryl methyl sites for hydroxylation is 1. The Morgan fingerprint density at radius 2 is 1.77 bits per heavy atom. The summed E-state index contributed by atoms with van der Waals surface area (Å²) >= 11 is 0. The lowest BCUT2D eigenvalue weighted by atomic mass is 10.2. The van der Waals surface area contributed by atoms with E-state index in [-0.39, 0.29) is 16.8 Å². The molecule has 1 saturated heterocycles. The van der Waals surface area contributed by atoms with Gasteiger partial charge in [0.25, 0.3) is 5.91 Å². The van der Waals surface area contributed by atoms with Crippen molar-refractivity contribution in [1.29, 1.82) is 0 Å². The van der Waals surface area contributed by atoms with Crippen molar-refractivity contribution in [2.75, 3.05) is 32.8 Å². The van der Waals surface area contributed by atoms with Gasteiger partial charge >= 0.3 is 0 Å². The second-order valence-corrected chi connectivity index (χ2v) is 10.9. The predicted molar refractivity (Wildman–Crippen MR) is 135 cm³/mol. The minimum Gasteiger partial charge on any atom is -0.494 e. The van der Waals surface area contributed by atoms with Crippen LogP contribution in [0.4, 0.5) is 0 Å². The van der Waals surface area contributed by atoms with Crippen molar-refractivity contribution >= 4 is 27.0 Å². The minimum atomic E-state index is -3.55. The summed E-state index contributed by atoms with van der Waals surface area (Å²) in [6, 6.07) is 12.2. The zero-order chi connectivity index (χ0) is 25.2. The molecule has 0 spiro atoms. The largest absolute Gasteiger partial charge is 0.494 e. The van der Waals surface area contributed by atoms with E-state index in [1.54, 1.807) is 24.3 Å². The summed E-state index contributed by atoms with van der Waals surface area (Å²) in [7, 11) is -1.58. The van der Waals surface area contributed by atoms with Crippen LogP contribution >= 0.6 is 0 Å². The first kappa shape index (κ1) is 25.2. The third-order valence-electron chi connectivity index (χ3n) is 6.12. The monoisotopic (exact) mass is 499 g/mol. The molecule has 35 heavy (non-hydrogen) atoms. The molecule has 188 valence electrons. The molecule has 4 rings (SSSR count). The van der Waals surface area contributed by atoms with Crippen LogP contribution in [0.3, 0.4) is 0 Å². The zero-order valence-corrected chi connectivity index (χ0v) is 21.5. The fourth-order valence-corrected chi connectivity index (χ4v) is 5.65. The SMILES string of the molecule is CCOc1ccc(S(=O)(=O)N2CCN(Cc3nc4cc(C(=O)NC(C)C)ccc4n3C)CC2)cc1. The van der Waals surface area contributed by atoms with Crippen LogP contribution in [0.2, 0.25) is 0 Å². The first-order chi connectivity index (χ1) is 16.7. The van der Waals surface area contributed by atoms with Crippen molar-refractivity contribution in [2.45, 2.75) is 38.3 Å². The number of nitrogens with zero attached hydrogens (tertiary/aromatic N) is 4. The van der Waals surface area contributed by atoms with E-state index in [0.29, 0.717) is 50.6 Å². The van der Waals surface area contributed by atoms with Gasteiger partial charge in [0, 0.05) is 44.8 Å². The Hall–Kier alpha value is -2.95. The molecule has 3 aromatic rings. The molecular weight excluding hydrogens is 466 g/mol. The highest BCUT2D eigenvalue weighted by molar-refractivity contribution is 7.89. The third kappa shape index (κ3) is 5.50. The van der Waals surface area contributed by atoms with E-state index in [4.69, 9.17) is 9.72 Å². The van der Waals surface area contributed by atoms with E-state index in [1.807, 2.05) is 50.6 Å². The van der Waals surface area contributed by atoms with Gasteiger partial charge in [0.05, 0.1) is 29.1 Å². The van der Waals surface area contributed by atoms with E-state index in [2.05, 4.69) is 10.2 Å². The Morgan fingerprint density at radius 1 is 1.09 bits per heavy atom. The number of carbonyl (C=O) groups excluding carboxylic acids is 1. The Labute approximate surface area is 206 Å². The Morgan fingerprint density at radius 3 is 2.40 bits per heavy atom. The minimum absolute atomic E-state index is 0.0643. The third-order valence-corrected chi connectivity index (χ3v) is 8.04. The molecule has 1 fully saturated rings. The lowest BCUT2D eigenvalue weighted by molar-refractivity contribution is 0.0943. The maximum atomic E-state index is 13.1. The Bertz CT molecular complexity index is 1290. The van der Waals surface area contributed by atoms with Gasteiger partial charge in [-0.3, -0.25) is 9.69 Å². The van der Waals surface area contributed by atoms with E-state index in [9.17, 15) is 13.2 Å². The number of rotatable bonds is 8. The maximum Gasteiger partial charge on any atom is 0.251 e. The summed E-state index contributed by atoms with van der Waals surface area (Å²) in [5, 5.41) is 2.91. The highest BCUT2D eigenvalue weighted by Gasteiger charge is 2.29. The van der Waals surface area contributed by atoms with Crippen LogP contribution in [0.1, 0.15) is 37.0 Å². The number of carbonyl (C=O) groups is 1. The first-order valence-electron chi connectivity index (χ1n) is 11.9. The van der Waals surface area contributed by atoms with Gasteiger partial charge in [0.2, 0.25) is 10.0 Å². The normalized spacial score (nSPS) is 15.6. The summed E-state index contributed by atoms with van der Waals surface area (Å²) in [6.45, 7) is 8.95. The Kier molecular flexibility index (Phi) is 7.44. The fraction of sp³-hybridized carbons (Fsp3) is 0.440. The average Bonchev–Trinajstić information content (AvgIpc) is 3.14. The topological polar surface area (TPSA) is 96.8 Å². The van der Waals surface area contributed by atoms with Crippen molar-refractivity contribution in [3.05, 3.63) is 53.9 Å². The quantitative estimate of drug-likeness (QED) is 0.512. The molecule has 0 bridgehead atoms. The molecule has 9 nitrogen and oxygen atoms in total. The summed E-state index contributed by atoms with van der Waals surface area (Å²) in [5.41, 5.74) is 2.32. The lowest BCUT2D eigenvalue weighted by Gasteiger charge is -2.33. The molecule has 0 radical (unpaired) electrons. The van der Waals surface area contributed by atoms with E-state index in [1.165, 1.54) is 4.31 Å². The first-order valence-corrected chi connectivity index (χ1v) is 13.3. The molecule has 1 aliphatic rings. The number of nitrogens with one attached hydrogen (secondary N) is 1. The number of benzene rings is 2. The predicted octanol–water partition coefficient (Wildman–Crippen LogP) is 2.62. The smallest absolute Gasteiger partial charge is 0.251 e. The molecule has 0 atom stereocenters. The van der Waals surface area contributed by atoms with Gasteiger partial charge in [-0.1, -0.05) is 0 Å². The molecule has 2 aromatic carbocycles. The van der Waals surface area contributed by atoms with E-state index >= 15 is 0 Å². The van der Waals surface area contributed by atoms with Crippen molar-refractivity contribution in [3.8, 4) is 5.75 Å². The van der Waals surface area contributed by atoms with Gasteiger partial charge in [-0.05, 0) is 63.2 Å². The van der Waals surface area contributed by atoms with Gasteiger partial charge in [-0.2, -0.15) is 4.31 Å². The molecule has 10 heteroatoms. The number of aromatic nitrogens is 2. The van der Waals surface area contributed by atoms with Gasteiger partial charge in [-0.15, -0.1) is 0 Å². The summed E-state index contributed by atoms with van der Waals surface area (Å²) < 4.78 is 35.1. The van der Waals surface area contributed by atoms with Crippen LogP contribution in [0, 0.1) is 0 Å². The van der Waals surface area contributed by atoms with Crippen molar-refractivity contribution in [3.63, 3.8) is 0 Å². The Balaban J connectivity index is 1.41. The van der Waals surface area contributed by atoms with Crippen molar-refractivity contribution in [1.82, 2.24) is 24.1 Å². The van der Waals surface area contributed by atoms with Crippen LogP contribution in [-0.4, -0.2) is 71.9 Å². The number of amides is 1. The fourth-order valence-electron chi connectivity index (χ4n) is 4.23. The second kappa shape index (κ2) is 10.3. The van der Waals surface area contributed by atoms with Crippen LogP contribution < -0.4 is 10.1 Å². The molecule has 1 aromatic heterocycles. The number of hydrogen-bond acceptors (Lipinski definition) is 6. The lowest BCUT2D eigenvalue weighted by Crippen LogP contribution is -2.48.